The van der Waals surface area contributed by atoms with E-state index in [1.807, 2.05) is 0 Å². The standard InChI is InChI=1S/C27H25F2N3O5S/c1-30(2)38(36,37)20-12-9-18(10-13-20)25(33)31(24-14-11-19(28)17-23(24)29)15-5-6-16-32-26(34)21-7-3-4-8-22(21)27(32)35/h3-4,7-14,17H,5-6,15-16H2,1-2H3. The number of rotatable bonds is 9. The number of sulfonamides is 1. The van der Waals surface area contributed by atoms with Gasteiger partial charge in [-0.1, -0.05) is 12.1 Å². The molecule has 0 spiro atoms. The third-order valence-corrected chi connectivity index (χ3v) is 8.05. The topological polar surface area (TPSA) is 95.1 Å². The highest BCUT2D eigenvalue weighted by molar-refractivity contribution is 7.89. The molecule has 0 bridgehead atoms. The fourth-order valence-electron chi connectivity index (χ4n) is 4.15. The van der Waals surface area contributed by atoms with Crippen LogP contribution in [0.5, 0.6) is 0 Å². The summed E-state index contributed by atoms with van der Waals surface area (Å²) in [5.74, 6) is -3.15. The first-order chi connectivity index (χ1) is 18.0. The number of carbonyl (C=O) groups excluding carboxylic acids is 3. The van der Waals surface area contributed by atoms with Crippen molar-refractivity contribution in [2.45, 2.75) is 17.7 Å². The van der Waals surface area contributed by atoms with Crippen LogP contribution in [0.4, 0.5) is 14.5 Å². The molecule has 0 radical (unpaired) electrons. The fraction of sp³-hybridized carbons (Fsp3) is 0.222. The second-order valence-electron chi connectivity index (χ2n) is 8.88. The molecular formula is C27H25F2N3O5S. The number of benzene rings is 3. The summed E-state index contributed by atoms with van der Waals surface area (Å²) < 4.78 is 53.9. The van der Waals surface area contributed by atoms with Gasteiger partial charge in [-0.15, -0.1) is 0 Å². The van der Waals surface area contributed by atoms with E-state index in [9.17, 15) is 31.6 Å². The van der Waals surface area contributed by atoms with Crippen LogP contribution in [-0.4, -0.2) is 62.5 Å². The van der Waals surface area contributed by atoms with Crippen molar-refractivity contribution in [2.75, 3.05) is 32.1 Å². The van der Waals surface area contributed by atoms with Gasteiger partial charge in [0.15, 0.2) is 0 Å². The van der Waals surface area contributed by atoms with Crippen molar-refractivity contribution in [1.29, 1.82) is 0 Å². The maximum Gasteiger partial charge on any atom is 0.261 e. The van der Waals surface area contributed by atoms with E-state index < -0.39 is 39.4 Å². The van der Waals surface area contributed by atoms with E-state index in [2.05, 4.69) is 0 Å². The van der Waals surface area contributed by atoms with Crippen LogP contribution in [0.3, 0.4) is 0 Å². The molecule has 0 saturated carbocycles. The van der Waals surface area contributed by atoms with Gasteiger partial charge in [0.2, 0.25) is 10.0 Å². The van der Waals surface area contributed by atoms with E-state index in [-0.39, 0.29) is 29.2 Å². The van der Waals surface area contributed by atoms with Crippen molar-refractivity contribution in [3.63, 3.8) is 0 Å². The molecular weight excluding hydrogens is 516 g/mol. The summed E-state index contributed by atoms with van der Waals surface area (Å²) in [5.41, 5.74) is 0.624. The summed E-state index contributed by atoms with van der Waals surface area (Å²) in [4.78, 5) is 40.8. The van der Waals surface area contributed by atoms with Crippen LogP contribution in [0.25, 0.3) is 0 Å². The van der Waals surface area contributed by atoms with Gasteiger partial charge in [0.1, 0.15) is 11.6 Å². The molecule has 8 nitrogen and oxygen atoms in total. The van der Waals surface area contributed by atoms with Gasteiger partial charge in [-0.2, -0.15) is 0 Å². The average Bonchev–Trinajstić information content (AvgIpc) is 3.14. The highest BCUT2D eigenvalue weighted by Crippen LogP contribution is 2.25. The van der Waals surface area contributed by atoms with Gasteiger partial charge in [-0.3, -0.25) is 19.3 Å². The van der Waals surface area contributed by atoms with Crippen LogP contribution in [0.2, 0.25) is 0 Å². The molecule has 11 heteroatoms. The molecule has 1 aliphatic heterocycles. The fourth-order valence-corrected chi connectivity index (χ4v) is 5.05. The normalized spacial score (nSPS) is 13.2. The molecule has 0 aliphatic carbocycles. The zero-order chi connectivity index (χ0) is 27.6. The molecule has 1 heterocycles. The monoisotopic (exact) mass is 541 g/mol. The lowest BCUT2D eigenvalue weighted by molar-refractivity contribution is 0.0651. The molecule has 3 aromatic carbocycles. The number of anilines is 1. The summed E-state index contributed by atoms with van der Waals surface area (Å²) >= 11 is 0. The van der Waals surface area contributed by atoms with Gasteiger partial charge >= 0.3 is 0 Å². The molecule has 4 rings (SSSR count). The minimum absolute atomic E-state index is 0.00228. The number of halogens is 2. The predicted octanol–water partition coefficient (Wildman–Crippen LogP) is 3.94. The number of hydrogen-bond donors (Lipinski definition) is 0. The highest BCUT2D eigenvalue weighted by Gasteiger charge is 2.34. The largest absolute Gasteiger partial charge is 0.306 e. The minimum Gasteiger partial charge on any atom is -0.306 e. The molecule has 0 N–H and O–H groups in total. The lowest BCUT2D eigenvalue weighted by Gasteiger charge is -2.24. The summed E-state index contributed by atoms with van der Waals surface area (Å²) in [6, 6.07) is 14.6. The summed E-state index contributed by atoms with van der Waals surface area (Å²) in [6.45, 7) is 0.111. The first-order valence-corrected chi connectivity index (χ1v) is 13.2. The Balaban J connectivity index is 1.50. The van der Waals surface area contributed by atoms with Crippen molar-refractivity contribution < 1.29 is 31.6 Å². The second kappa shape index (κ2) is 10.8. The molecule has 1 aliphatic rings. The Morgan fingerprint density at radius 2 is 1.47 bits per heavy atom. The SMILES string of the molecule is CN(C)S(=O)(=O)c1ccc(C(=O)N(CCCCN2C(=O)c3ccccc3C2=O)c2ccc(F)cc2F)cc1. The van der Waals surface area contributed by atoms with Gasteiger partial charge in [0, 0.05) is 38.8 Å². The maximum absolute atomic E-state index is 14.7. The zero-order valence-corrected chi connectivity index (χ0v) is 21.5. The van der Waals surface area contributed by atoms with E-state index in [1.54, 1.807) is 24.3 Å². The van der Waals surface area contributed by atoms with Crippen LogP contribution < -0.4 is 4.90 Å². The minimum atomic E-state index is -3.71. The van der Waals surface area contributed by atoms with Crippen molar-refractivity contribution in [2.24, 2.45) is 0 Å². The second-order valence-corrected chi connectivity index (χ2v) is 11.0. The number of fused-ring (bicyclic) bond motifs is 1. The summed E-state index contributed by atoms with van der Waals surface area (Å²) in [6.07, 6.45) is 0.626. The van der Waals surface area contributed by atoms with Gasteiger partial charge in [0.05, 0.1) is 21.7 Å². The van der Waals surface area contributed by atoms with Gasteiger partial charge in [0.25, 0.3) is 17.7 Å². The molecule has 0 aromatic heterocycles. The van der Waals surface area contributed by atoms with E-state index >= 15 is 0 Å². The first kappa shape index (κ1) is 27.1. The number of nitrogens with zero attached hydrogens (tertiary/aromatic N) is 3. The molecule has 3 amide bonds. The lowest BCUT2D eigenvalue weighted by Crippen LogP contribution is -2.34. The Bertz CT molecular complexity index is 1470. The number of amides is 3. The zero-order valence-electron chi connectivity index (χ0n) is 20.7. The Morgan fingerprint density at radius 1 is 0.868 bits per heavy atom. The van der Waals surface area contributed by atoms with Crippen LogP contribution in [0.1, 0.15) is 43.9 Å². The molecule has 198 valence electrons. The van der Waals surface area contributed by atoms with Gasteiger partial charge in [-0.25, -0.2) is 21.5 Å². The van der Waals surface area contributed by atoms with Crippen molar-refractivity contribution in [3.8, 4) is 0 Å². The smallest absolute Gasteiger partial charge is 0.261 e. The summed E-state index contributed by atoms with van der Waals surface area (Å²) in [5, 5.41) is 0. The highest BCUT2D eigenvalue weighted by atomic mass is 32.2. The Labute approximate surface area is 219 Å². The predicted molar refractivity (Wildman–Crippen MR) is 136 cm³/mol. The van der Waals surface area contributed by atoms with E-state index in [0.29, 0.717) is 30.0 Å². The number of imide groups is 1. The number of unbranched alkanes of at least 4 members (excludes halogenated alkanes) is 1. The molecule has 0 saturated heterocycles. The molecule has 38 heavy (non-hydrogen) atoms. The lowest BCUT2D eigenvalue weighted by atomic mass is 10.1. The Hall–Kier alpha value is -3.96. The Morgan fingerprint density at radius 3 is 2.03 bits per heavy atom. The van der Waals surface area contributed by atoms with Gasteiger partial charge in [-0.05, 0) is 61.4 Å². The van der Waals surface area contributed by atoms with Gasteiger partial charge < -0.3 is 4.90 Å². The summed E-state index contributed by atoms with van der Waals surface area (Å²) in [7, 11) is -0.942. The number of carbonyl (C=O) groups is 3. The van der Waals surface area contributed by atoms with Crippen molar-refractivity contribution in [3.05, 3.63) is 95.1 Å². The van der Waals surface area contributed by atoms with Crippen LogP contribution in [0.15, 0.2) is 71.6 Å². The molecule has 0 fully saturated rings. The quantitative estimate of drug-likeness (QED) is 0.302. The van der Waals surface area contributed by atoms with E-state index in [0.717, 1.165) is 26.2 Å². The van der Waals surface area contributed by atoms with Crippen LogP contribution in [0, 0.1) is 11.6 Å². The molecule has 3 aromatic rings. The van der Waals surface area contributed by atoms with Crippen LogP contribution >= 0.6 is 0 Å². The third kappa shape index (κ3) is 5.20. The number of hydrogen-bond acceptors (Lipinski definition) is 5. The van der Waals surface area contributed by atoms with Crippen molar-refractivity contribution >= 4 is 33.4 Å². The van der Waals surface area contributed by atoms with E-state index in [4.69, 9.17) is 0 Å². The Kier molecular flexibility index (Phi) is 7.70. The molecule has 0 atom stereocenters. The average molecular weight is 542 g/mol. The van der Waals surface area contributed by atoms with E-state index in [1.165, 1.54) is 38.4 Å². The third-order valence-electron chi connectivity index (χ3n) is 6.22. The maximum atomic E-state index is 14.7. The first-order valence-electron chi connectivity index (χ1n) is 11.8. The van der Waals surface area contributed by atoms with Crippen molar-refractivity contribution in [1.82, 2.24) is 9.21 Å². The van der Waals surface area contributed by atoms with Crippen LogP contribution in [-0.2, 0) is 10.0 Å². The molecule has 0 unspecified atom stereocenters.